The van der Waals surface area contributed by atoms with Gasteiger partial charge < -0.3 is 30.2 Å². The predicted molar refractivity (Wildman–Crippen MR) is 287 cm³/mol. The molecule has 4 aliphatic carbocycles. The third-order valence-corrected chi connectivity index (χ3v) is 21.8. The summed E-state index contributed by atoms with van der Waals surface area (Å²) in [6.45, 7) is 16.6. The number of Topliss-reactive ketones (excluding diaryl/α,β-unsaturated/α-hetero) is 2. The van der Waals surface area contributed by atoms with Crippen molar-refractivity contribution in [3.05, 3.63) is 78.6 Å². The largest absolute Gasteiger partial charge is 0.506 e. The number of hydrogen-bond donors (Lipinski definition) is 6. The highest BCUT2D eigenvalue weighted by molar-refractivity contribution is 7.86. The smallest absolute Gasteiger partial charge is 0.305 e. The van der Waals surface area contributed by atoms with Crippen LogP contribution in [0.5, 0.6) is 5.75 Å². The number of phenols is 1. The normalized spacial score (nSPS) is 26.0. The fourth-order valence-electron chi connectivity index (χ4n) is 13.1. The molecule has 6 aliphatic rings. The molecule has 2 saturated heterocycles. The van der Waals surface area contributed by atoms with E-state index in [1.54, 1.807) is 6.07 Å². The number of aromatic nitrogens is 2. The molecule has 2 aromatic carbocycles. The Morgan fingerprint density at radius 2 is 1.51 bits per heavy atom. The lowest BCUT2D eigenvalue weighted by atomic mass is 9.70. The van der Waals surface area contributed by atoms with E-state index in [-0.39, 0.29) is 68.7 Å². The minimum absolute atomic E-state index is 0.0152. The minimum atomic E-state index is -4.08. The van der Waals surface area contributed by atoms with Gasteiger partial charge in [0.25, 0.3) is 26.1 Å². The molecule has 4 saturated carbocycles. The van der Waals surface area contributed by atoms with Crippen LogP contribution in [0.2, 0.25) is 0 Å². The van der Waals surface area contributed by atoms with Gasteiger partial charge in [0.05, 0.1) is 56.9 Å². The van der Waals surface area contributed by atoms with Gasteiger partial charge in [-0.25, -0.2) is 9.37 Å². The Bertz CT molecular complexity index is 3050. The number of carbonyl (C=O) groups is 3. The number of aromatic hydroxyl groups is 1. The first-order chi connectivity index (χ1) is 35.5. The Kier molecular flexibility index (Phi) is 16.7. The first kappa shape index (κ1) is 58.1. The average molecular weight is 1130 g/mol. The number of thiazole rings is 2. The summed E-state index contributed by atoms with van der Waals surface area (Å²) < 4.78 is 83.5. The van der Waals surface area contributed by atoms with E-state index in [0.717, 1.165) is 60.7 Å². The van der Waals surface area contributed by atoms with Crippen molar-refractivity contribution in [2.24, 2.45) is 33.5 Å². The molecule has 6 N–H and O–H groups in total. The van der Waals surface area contributed by atoms with Crippen LogP contribution in [0.15, 0.2) is 40.5 Å². The van der Waals surface area contributed by atoms with Crippen LogP contribution < -0.4 is 10.2 Å². The summed E-state index contributed by atoms with van der Waals surface area (Å²) in [6.07, 6.45) is 5.14. The molecule has 18 nitrogen and oxygen atoms in total. The van der Waals surface area contributed by atoms with Crippen LogP contribution in [0, 0.1) is 39.3 Å². The van der Waals surface area contributed by atoms with Crippen LogP contribution >= 0.6 is 22.7 Å². The van der Waals surface area contributed by atoms with E-state index in [0.29, 0.717) is 97.8 Å². The molecule has 1 spiro atoms. The number of aliphatic hydroxyl groups is 1. The maximum absolute atomic E-state index is 14.7. The van der Waals surface area contributed by atoms with E-state index in [1.165, 1.54) is 23.5 Å². The quantitative estimate of drug-likeness (QED) is 0.0552. The molecule has 0 radical (unpaired) electrons. The van der Waals surface area contributed by atoms with Crippen LogP contribution in [-0.4, -0.2) is 136 Å². The fourth-order valence-corrected chi connectivity index (χ4v) is 17.5. The lowest BCUT2D eigenvalue weighted by Crippen LogP contribution is -2.58. The van der Waals surface area contributed by atoms with E-state index < -0.39 is 48.7 Å². The van der Waals surface area contributed by atoms with Crippen molar-refractivity contribution in [2.75, 3.05) is 57.4 Å². The van der Waals surface area contributed by atoms with Gasteiger partial charge in [-0.1, -0.05) is 71.1 Å². The van der Waals surface area contributed by atoms with Crippen LogP contribution in [0.3, 0.4) is 0 Å². The number of nitrogens with zero attached hydrogens (tertiary/aromatic N) is 3. The molecular weight excluding hydrogens is 1060 g/mol. The monoisotopic (exact) mass is 1130 g/mol. The first-order valence-corrected chi connectivity index (χ1v) is 31.0. The maximum Gasteiger partial charge on any atom is 0.305 e. The number of morpholine rings is 1. The van der Waals surface area contributed by atoms with Gasteiger partial charge in [-0.2, -0.15) is 16.8 Å². The number of ketones is 2. The summed E-state index contributed by atoms with van der Waals surface area (Å²) in [5.74, 6) is -0.226. The Balaban J connectivity index is 0.000000205. The number of hydrogen-bond acceptors (Lipinski definition) is 16. The van der Waals surface area contributed by atoms with E-state index in [9.17, 15) is 50.6 Å². The number of amides is 1. The standard InChI is InChI=1S/C33H40FN5O5S2.2C10H16O4S/c1-20(2)30-36-25(18-45-30)31(42)39-13-14-44-33(19-39)8-11-38(12-9-33)17-21-3-5-24(34)22(15-21)7-10-35-16-27(41)23-4-6-26(40)28-29(23)46-32(43)37-28;2*1-9(2)7-3-4-10(9,8(11)5-7)6-15(12,13)14/h3-6,15,18,20,27,35,40-41H,7-14,16-17,19H2,1-2H3,(H,37,43);2*7H,3-6H2,1-2H3,(H,12,13,14)/t27-;2*7?,10-/m011/s1. The Hall–Kier alpha value is -4.04. The van der Waals surface area contributed by atoms with Gasteiger partial charge in [-0.15, -0.1) is 11.3 Å². The van der Waals surface area contributed by atoms with E-state index in [2.05, 4.69) is 34.0 Å². The molecule has 23 heteroatoms. The number of fused-ring (bicyclic) bond motifs is 5. The summed E-state index contributed by atoms with van der Waals surface area (Å²) in [4.78, 5) is 59.9. The van der Waals surface area contributed by atoms with E-state index in [1.807, 2.05) is 50.1 Å². The summed E-state index contributed by atoms with van der Waals surface area (Å²) in [6, 6.07) is 8.32. The number of likely N-dealkylation sites (tertiary alicyclic amines) is 1. The Morgan fingerprint density at radius 1 is 0.908 bits per heavy atom. The average Bonchev–Trinajstić information content (AvgIpc) is 4.16. The highest BCUT2D eigenvalue weighted by atomic mass is 32.2. The molecular formula is C53H72FN5O13S4. The molecule has 418 valence electrons. The molecule has 10 rings (SSSR count). The van der Waals surface area contributed by atoms with Crippen LogP contribution in [-0.2, 0) is 47.5 Å². The highest BCUT2D eigenvalue weighted by Crippen LogP contribution is 2.65. The molecule has 4 heterocycles. The lowest BCUT2D eigenvalue weighted by molar-refractivity contribution is -0.128. The summed E-state index contributed by atoms with van der Waals surface area (Å²) in [7, 11) is -8.15. The lowest BCUT2D eigenvalue weighted by Gasteiger charge is -2.47. The number of H-pyrrole nitrogens is 1. The molecule has 5 atom stereocenters. The Labute approximate surface area is 451 Å². The second-order valence-corrected chi connectivity index (χ2v) is 28.1. The van der Waals surface area contributed by atoms with Crippen LogP contribution in [0.1, 0.15) is 137 Å². The third-order valence-electron chi connectivity index (χ3n) is 18.0. The van der Waals surface area contributed by atoms with Gasteiger partial charge in [0, 0.05) is 62.4 Å². The summed E-state index contributed by atoms with van der Waals surface area (Å²) in [5, 5.41) is 26.8. The zero-order valence-corrected chi connectivity index (χ0v) is 47.3. The minimum Gasteiger partial charge on any atom is -0.506 e. The van der Waals surface area contributed by atoms with Gasteiger partial charge in [0.1, 0.15) is 34.3 Å². The molecule has 6 fully saturated rings. The van der Waals surface area contributed by atoms with E-state index >= 15 is 0 Å². The number of piperidine rings is 1. The van der Waals surface area contributed by atoms with Gasteiger partial charge in [-0.05, 0) is 97.4 Å². The number of benzene rings is 2. The second-order valence-electron chi connectivity index (χ2n) is 23.3. The number of aromatic amines is 1. The van der Waals surface area contributed by atoms with E-state index in [4.69, 9.17) is 13.8 Å². The molecule has 2 unspecified atom stereocenters. The molecule has 76 heavy (non-hydrogen) atoms. The topological polar surface area (TPSA) is 274 Å². The number of aliphatic hydroxyl groups excluding tert-OH is 1. The summed E-state index contributed by atoms with van der Waals surface area (Å²) >= 11 is 2.48. The molecule has 4 aromatic rings. The first-order valence-electron chi connectivity index (χ1n) is 26.1. The van der Waals surface area contributed by atoms with Crippen LogP contribution in [0.4, 0.5) is 4.39 Å². The van der Waals surface area contributed by atoms with Crippen molar-refractivity contribution in [1.29, 1.82) is 0 Å². The number of rotatable bonds is 14. The number of ether oxygens (including phenoxy) is 1. The molecule has 2 aliphatic heterocycles. The zero-order chi connectivity index (χ0) is 55.4. The SMILES string of the molecule is CC(C)c1nc(C(=O)N2CCOC3(CCN(Cc4ccc(F)c(CCNC[C@H](O)c5ccc(O)c6[nH]c(=O)sc56)c4)CC3)C2)cs1.CC1(C)C2CC[C@@]1(CS(=O)(=O)O)C(=O)C2.CC1(C)C2CC[C@@]1(CS(=O)(=O)O)C(=O)C2. The fraction of sp³-hybridized carbons (Fsp3) is 0.642. The summed E-state index contributed by atoms with van der Waals surface area (Å²) in [5.41, 5.74) is 0.453. The molecule has 1 amide bonds. The van der Waals surface area contributed by atoms with Gasteiger partial charge in [0.15, 0.2) is 0 Å². The number of phenolic OH excluding ortho intramolecular Hbond substituents is 1. The van der Waals surface area contributed by atoms with Gasteiger partial charge in [-0.3, -0.25) is 33.2 Å². The number of halogens is 1. The predicted octanol–water partition coefficient (Wildman–Crippen LogP) is 6.93. The number of carbonyl (C=O) groups excluding carboxylic acids is 3. The van der Waals surface area contributed by atoms with Crippen molar-refractivity contribution < 1.29 is 59.7 Å². The van der Waals surface area contributed by atoms with Gasteiger partial charge >= 0.3 is 4.87 Å². The third kappa shape index (κ3) is 11.8. The zero-order valence-electron chi connectivity index (χ0n) is 44.0. The second kappa shape index (κ2) is 21.9. The Morgan fingerprint density at radius 3 is 2.04 bits per heavy atom. The maximum atomic E-state index is 14.7. The molecule has 4 bridgehead atoms. The molecule has 2 aromatic heterocycles. The van der Waals surface area contributed by atoms with Crippen molar-refractivity contribution in [3.8, 4) is 5.75 Å². The highest BCUT2D eigenvalue weighted by Gasteiger charge is 2.66. The van der Waals surface area contributed by atoms with Gasteiger partial charge in [0.2, 0.25) is 0 Å². The number of nitrogens with one attached hydrogen (secondary N) is 2. The van der Waals surface area contributed by atoms with Crippen molar-refractivity contribution in [2.45, 2.75) is 123 Å². The van der Waals surface area contributed by atoms with Crippen LogP contribution in [0.25, 0.3) is 10.2 Å². The van der Waals surface area contributed by atoms with Crippen molar-refractivity contribution in [1.82, 2.24) is 25.1 Å². The van der Waals surface area contributed by atoms with Crippen molar-refractivity contribution >= 4 is 70.6 Å². The van der Waals surface area contributed by atoms with Crippen molar-refractivity contribution in [3.63, 3.8) is 0 Å².